The quantitative estimate of drug-likeness (QED) is 0.442. The molecule has 0 saturated heterocycles. The van der Waals surface area contributed by atoms with E-state index in [2.05, 4.69) is 10.2 Å². The Hall–Kier alpha value is -2.94. The van der Waals surface area contributed by atoms with Gasteiger partial charge in [0.2, 0.25) is 5.91 Å². The molecule has 3 aromatic rings. The molecule has 1 aliphatic carbocycles. The first-order valence-corrected chi connectivity index (χ1v) is 10.9. The molecule has 1 saturated carbocycles. The van der Waals surface area contributed by atoms with Gasteiger partial charge in [0.25, 0.3) is 11.1 Å². The van der Waals surface area contributed by atoms with Crippen LogP contribution in [0.5, 0.6) is 5.75 Å². The fraction of sp³-hybridized carbons (Fsp3) is 0.318. The number of nitrogens with zero attached hydrogens (tertiary/aromatic N) is 3. The van der Waals surface area contributed by atoms with Gasteiger partial charge >= 0.3 is 0 Å². The van der Waals surface area contributed by atoms with Crippen LogP contribution in [0.2, 0.25) is 0 Å². The normalized spacial score (nSPS) is 14.3. The van der Waals surface area contributed by atoms with E-state index in [1.54, 1.807) is 42.2 Å². The lowest BCUT2D eigenvalue weighted by molar-refractivity contribution is -0.129. The Kier molecular flexibility index (Phi) is 6.50. The van der Waals surface area contributed by atoms with Crippen LogP contribution in [0.4, 0.5) is 8.78 Å². The highest BCUT2D eigenvalue weighted by Crippen LogP contribution is 2.31. The van der Waals surface area contributed by atoms with E-state index in [-0.39, 0.29) is 46.9 Å². The van der Waals surface area contributed by atoms with E-state index in [1.165, 1.54) is 18.2 Å². The summed E-state index contributed by atoms with van der Waals surface area (Å²) >= 11 is 1.11. The second kappa shape index (κ2) is 9.47. The molecule has 31 heavy (non-hydrogen) atoms. The number of carbonyl (C=O) groups is 1. The highest BCUT2D eigenvalue weighted by Gasteiger charge is 2.33. The number of rotatable bonds is 9. The van der Waals surface area contributed by atoms with E-state index >= 15 is 0 Å². The van der Waals surface area contributed by atoms with Gasteiger partial charge in [0.05, 0.1) is 5.75 Å². The predicted octanol–water partition coefficient (Wildman–Crippen LogP) is 4.77. The van der Waals surface area contributed by atoms with Crippen molar-refractivity contribution in [2.45, 2.75) is 43.7 Å². The average molecular weight is 445 g/mol. The van der Waals surface area contributed by atoms with E-state index in [9.17, 15) is 13.6 Å². The molecular formula is C22H21F2N3O3S. The number of para-hydroxylation sites is 1. The van der Waals surface area contributed by atoms with Crippen LogP contribution in [0.3, 0.4) is 0 Å². The fourth-order valence-corrected chi connectivity index (χ4v) is 3.70. The molecule has 1 heterocycles. The number of thioether (sulfide) groups is 1. The number of ether oxygens (including phenoxy) is 1. The monoisotopic (exact) mass is 445 g/mol. The van der Waals surface area contributed by atoms with Gasteiger partial charge in [-0.05, 0) is 38.0 Å². The molecule has 0 bridgehead atoms. The van der Waals surface area contributed by atoms with Crippen LogP contribution in [-0.4, -0.2) is 32.8 Å². The van der Waals surface area contributed by atoms with Gasteiger partial charge in [-0.2, -0.15) is 0 Å². The van der Waals surface area contributed by atoms with Crippen LogP contribution in [0.25, 0.3) is 0 Å². The molecule has 1 unspecified atom stereocenters. The van der Waals surface area contributed by atoms with Gasteiger partial charge in [-0.1, -0.05) is 42.1 Å². The third-order valence-electron chi connectivity index (χ3n) is 4.84. The Morgan fingerprint density at radius 1 is 1.16 bits per heavy atom. The molecule has 6 nitrogen and oxygen atoms in total. The van der Waals surface area contributed by atoms with Gasteiger partial charge in [0, 0.05) is 18.2 Å². The van der Waals surface area contributed by atoms with Crippen LogP contribution < -0.4 is 4.74 Å². The van der Waals surface area contributed by atoms with E-state index in [4.69, 9.17) is 9.15 Å². The van der Waals surface area contributed by atoms with Crippen LogP contribution in [0.1, 0.15) is 37.3 Å². The van der Waals surface area contributed by atoms with Gasteiger partial charge < -0.3 is 14.1 Å². The van der Waals surface area contributed by atoms with E-state index < -0.39 is 11.9 Å². The molecule has 162 valence electrons. The molecule has 0 spiro atoms. The number of carbonyl (C=O) groups excluding carboxylic acids is 1. The molecule has 9 heteroatoms. The van der Waals surface area contributed by atoms with Crippen LogP contribution in [0, 0.1) is 11.6 Å². The first-order chi connectivity index (χ1) is 15.0. The lowest BCUT2D eigenvalue weighted by Gasteiger charge is -2.22. The van der Waals surface area contributed by atoms with Gasteiger partial charge in [0.15, 0.2) is 17.7 Å². The Bertz CT molecular complexity index is 1060. The van der Waals surface area contributed by atoms with Gasteiger partial charge in [-0.3, -0.25) is 4.79 Å². The Morgan fingerprint density at radius 3 is 2.58 bits per heavy atom. The van der Waals surface area contributed by atoms with Crippen molar-refractivity contribution in [3.05, 3.63) is 71.6 Å². The molecule has 0 N–H and O–H groups in total. The molecule has 0 aliphatic heterocycles. The second-order valence-electron chi connectivity index (χ2n) is 7.23. The zero-order chi connectivity index (χ0) is 21.8. The first kappa shape index (κ1) is 21.3. The Labute approximate surface area is 182 Å². The summed E-state index contributed by atoms with van der Waals surface area (Å²) < 4.78 is 38.8. The zero-order valence-corrected chi connectivity index (χ0v) is 17.6. The summed E-state index contributed by atoms with van der Waals surface area (Å²) in [6, 6.07) is 12.7. The summed E-state index contributed by atoms with van der Waals surface area (Å²) in [6.07, 6.45) is 1.18. The summed E-state index contributed by atoms with van der Waals surface area (Å²) in [5, 5.41) is 8.08. The lowest BCUT2D eigenvalue weighted by Crippen LogP contribution is -2.34. The lowest BCUT2D eigenvalue weighted by atomic mass is 10.2. The SMILES string of the molecule is CC(Oc1ccccc1F)c1nnc(SCC(=O)N(Cc2ccccc2F)C2CC2)o1. The minimum absolute atomic E-state index is 0.0887. The number of halogens is 2. The highest BCUT2D eigenvalue weighted by atomic mass is 32.2. The average Bonchev–Trinajstić information content (AvgIpc) is 3.49. The van der Waals surface area contributed by atoms with Gasteiger partial charge in [-0.25, -0.2) is 8.78 Å². The maximum Gasteiger partial charge on any atom is 0.277 e. The van der Waals surface area contributed by atoms with E-state index in [0.29, 0.717) is 5.56 Å². The molecular weight excluding hydrogens is 424 g/mol. The first-order valence-electron chi connectivity index (χ1n) is 9.91. The minimum Gasteiger partial charge on any atom is -0.478 e. The van der Waals surface area contributed by atoms with Crippen molar-refractivity contribution in [2.75, 3.05) is 5.75 Å². The topological polar surface area (TPSA) is 68.5 Å². The number of hydrogen-bond acceptors (Lipinski definition) is 6. The molecule has 1 aromatic heterocycles. The largest absolute Gasteiger partial charge is 0.478 e. The summed E-state index contributed by atoms with van der Waals surface area (Å²) in [7, 11) is 0. The summed E-state index contributed by atoms with van der Waals surface area (Å²) in [5.41, 5.74) is 0.493. The smallest absolute Gasteiger partial charge is 0.277 e. The van der Waals surface area contributed by atoms with Crippen molar-refractivity contribution in [2.24, 2.45) is 0 Å². The number of hydrogen-bond donors (Lipinski definition) is 0. The third-order valence-corrected chi connectivity index (χ3v) is 5.64. The summed E-state index contributed by atoms with van der Waals surface area (Å²) in [4.78, 5) is 14.5. The number of aromatic nitrogens is 2. The van der Waals surface area contributed by atoms with Crippen molar-refractivity contribution in [1.82, 2.24) is 15.1 Å². The standard InChI is InChI=1S/C22H21F2N3O3S/c1-14(29-19-9-5-4-8-18(19)24)21-25-26-22(30-21)31-13-20(28)27(16-10-11-16)12-15-6-2-3-7-17(15)23/h2-9,14,16H,10-13H2,1H3. The minimum atomic E-state index is -0.654. The van der Waals surface area contributed by atoms with E-state index in [0.717, 1.165) is 24.6 Å². The van der Waals surface area contributed by atoms with Crippen molar-refractivity contribution < 1.29 is 22.7 Å². The second-order valence-corrected chi connectivity index (χ2v) is 8.16. The molecule has 0 radical (unpaired) electrons. The Morgan fingerprint density at radius 2 is 1.87 bits per heavy atom. The summed E-state index contributed by atoms with van der Waals surface area (Å²) in [6.45, 7) is 1.90. The van der Waals surface area contributed by atoms with E-state index in [1.807, 2.05) is 0 Å². The Balaban J connectivity index is 1.34. The molecule has 4 rings (SSSR count). The molecule has 1 amide bonds. The van der Waals surface area contributed by atoms with Crippen molar-refractivity contribution in [3.8, 4) is 5.75 Å². The van der Waals surface area contributed by atoms with Crippen LogP contribution in [0.15, 0.2) is 58.2 Å². The van der Waals surface area contributed by atoms with Crippen molar-refractivity contribution in [1.29, 1.82) is 0 Å². The molecule has 2 aromatic carbocycles. The fourth-order valence-electron chi connectivity index (χ4n) is 3.05. The third kappa shape index (κ3) is 5.41. The van der Waals surface area contributed by atoms with Crippen molar-refractivity contribution in [3.63, 3.8) is 0 Å². The maximum absolute atomic E-state index is 14.0. The maximum atomic E-state index is 14.0. The predicted molar refractivity (Wildman–Crippen MR) is 110 cm³/mol. The van der Waals surface area contributed by atoms with Crippen molar-refractivity contribution >= 4 is 17.7 Å². The summed E-state index contributed by atoms with van der Waals surface area (Å²) in [5.74, 6) is -0.557. The number of benzene rings is 2. The highest BCUT2D eigenvalue weighted by molar-refractivity contribution is 7.99. The van der Waals surface area contributed by atoms with Gasteiger partial charge in [0.1, 0.15) is 5.82 Å². The molecule has 1 atom stereocenters. The van der Waals surface area contributed by atoms with Crippen LogP contribution >= 0.6 is 11.8 Å². The number of amides is 1. The van der Waals surface area contributed by atoms with Gasteiger partial charge in [-0.15, -0.1) is 10.2 Å². The van der Waals surface area contributed by atoms with Crippen LogP contribution in [-0.2, 0) is 11.3 Å². The zero-order valence-electron chi connectivity index (χ0n) is 16.8. The molecule has 1 aliphatic rings. The molecule has 1 fully saturated rings.